The number of carboxylic acids is 1. The van der Waals surface area contributed by atoms with Gasteiger partial charge in [0, 0.05) is 37.1 Å². The predicted molar refractivity (Wildman–Crippen MR) is 79.4 cm³/mol. The summed E-state index contributed by atoms with van der Waals surface area (Å²) in [4.78, 5) is 19.5. The molecule has 0 saturated carbocycles. The summed E-state index contributed by atoms with van der Waals surface area (Å²) < 4.78 is 1.93. The molecule has 6 nitrogen and oxygen atoms in total. The maximum atomic E-state index is 11.4. The summed E-state index contributed by atoms with van der Waals surface area (Å²) in [5, 5.41) is 13.3. The molecule has 106 valence electrons. The van der Waals surface area contributed by atoms with E-state index in [4.69, 9.17) is 0 Å². The monoisotopic (exact) mass is 282 g/mol. The zero-order chi connectivity index (χ0) is 14.7. The van der Waals surface area contributed by atoms with Crippen LogP contribution in [0.2, 0.25) is 0 Å². The number of hydrogen-bond donors (Lipinski definition) is 2. The van der Waals surface area contributed by atoms with Gasteiger partial charge in [-0.1, -0.05) is 18.2 Å². The number of para-hydroxylation sites is 1. The van der Waals surface area contributed by atoms with E-state index in [1.165, 1.54) is 6.20 Å². The van der Waals surface area contributed by atoms with Crippen molar-refractivity contribution in [2.24, 2.45) is 0 Å². The second kappa shape index (κ2) is 5.62. The summed E-state index contributed by atoms with van der Waals surface area (Å²) in [7, 11) is 0. The van der Waals surface area contributed by atoms with Gasteiger partial charge in [-0.2, -0.15) is 0 Å². The Bertz CT molecular complexity index is 768. The highest BCUT2D eigenvalue weighted by molar-refractivity contribution is 6.04. The molecule has 21 heavy (non-hydrogen) atoms. The lowest BCUT2D eigenvalue weighted by Gasteiger charge is -2.12. The van der Waals surface area contributed by atoms with Crippen molar-refractivity contribution in [1.29, 1.82) is 0 Å². The zero-order valence-corrected chi connectivity index (χ0v) is 11.2. The quantitative estimate of drug-likeness (QED) is 0.750. The van der Waals surface area contributed by atoms with Gasteiger partial charge in [0.15, 0.2) is 0 Å². The van der Waals surface area contributed by atoms with E-state index in [1.807, 2.05) is 35.0 Å². The molecule has 3 aromatic rings. The molecule has 0 atom stereocenters. The summed E-state index contributed by atoms with van der Waals surface area (Å²) in [5.41, 5.74) is 1.56. The van der Waals surface area contributed by atoms with Gasteiger partial charge in [-0.05, 0) is 6.07 Å². The van der Waals surface area contributed by atoms with Gasteiger partial charge >= 0.3 is 5.97 Å². The number of carbonyl (C=O) groups is 1. The lowest BCUT2D eigenvalue weighted by Crippen LogP contribution is -2.13. The average Bonchev–Trinajstić information content (AvgIpc) is 3.00. The van der Waals surface area contributed by atoms with Crippen LogP contribution in [0.4, 0.5) is 5.69 Å². The molecule has 2 N–H and O–H groups in total. The first-order chi connectivity index (χ1) is 10.3. The fourth-order valence-electron chi connectivity index (χ4n) is 2.22. The first-order valence-corrected chi connectivity index (χ1v) is 6.56. The predicted octanol–water partition coefficient (Wildman–Crippen LogP) is 2.24. The lowest BCUT2D eigenvalue weighted by atomic mass is 10.1. The van der Waals surface area contributed by atoms with Crippen molar-refractivity contribution in [2.45, 2.75) is 6.54 Å². The fraction of sp³-hybridized carbons (Fsp3) is 0.133. The van der Waals surface area contributed by atoms with Crippen molar-refractivity contribution < 1.29 is 9.90 Å². The molecule has 2 aromatic heterocycles. The SMILES string of the molecule is O=C(O)c1cnc2ccccc2c1NCCn1ccnc1. The molecule has 0 fully saturated rings. The van der Waals surface area contributed by atoms with E-state index in [0.29, 0.717) is 18.8 Å². The van der Waals surface area contributed by atoms with Crippen molar-refractivity contribution in [3.63, 3.8) is 0 Å². The van der Waals surface area contributed by atoms with Gasteiger partial charge in [0.1, 0.15) is 5.56 Å². The van der Waals surface area contributed by atoms with Crippen molar-refractivity contribution in [1.82, 2.24) is 14.5 Å². The number of anilines is 1. The Balaban J connectivity index is 1.90. The van der Waals surface area contributed by atoms with Gasteiger partial charge in [-0.3, -0.25) is 4.98 Å². The summed E-state index contributed by atoms with van der Waals surface area (Å²) in [6, 6.07) is 7.48. The van der Waals surface area contributed by atoms with Crippen molar-refractivity contribution in [3.8, 4) is 0 Å². The Labute approximate surface area is 121 Å². The van der Waals surface area contributed by atoms with Crippen LogP contribution in [0.3, 0.4) is 0 Å². The average molecular weight is 282 g/mol. The molecule has 0 amide bonds. The highest BCUT2D eigenvalue weighted by Crippen LogP contribution is 2.25. The number of benzene rings is 1. The van der Waals surface area contributed by atoms with Crippen LogP contribution in [0.15, 0.2) is 49.2 Å². The minimum Gasteiger partial charge on any atom is -0.478 e. The first-order valence-electron chi connectivity index (χ1n) is 6.56. The normalized spacial score (nSPS) is 10.7. The van der Waals surface area contributed by atoms with E-state index in [0.717, 1.165) is 10.9 Å². The Hall–Kier alpha value is -2.89. The Kier molecular flexibility index (Phi) is 3.51. The van der Waals surface area contributed by atoms with E-state index in [9.17, 15) is 9.90 Å². The summed E-state index contributed by atoms with van der Waals surface area (Å²) in [6.45, 7) is 1.31. The molecule has 0 bridgehead atoms. The lowest BCUT2D eigenvalue weighted by molar-refractivity contribution is 0.0697. The number of fused-ring (bicyclic) bond motifs is 1. The maximum absolute atomic E-state index is 11.4. The molecule has 0 saturated heterocycles. The molecule has 0 radical (unpaired) electrons. The second-order valence-corrected chi connectivity index (χ2v) is 4.60. The largest absolute Gasteiger partial charge is 0.478 e. The fourth-order valence-corrected chi connectivity index (χ4v) is 2.22. The topological polar surface area (TPSA) is 80.0 Å². The van der Waals surface area contributed by atoms with Crippen molar-refractivity contribution in [2.75, 3.05) is 11.9 Å². The van der Waals surface area contributed by atoms with Gasteiger partial charge < -0.3 is 15.0 Å². The van der Waals surface area contributed by atoms with Gasteiger partial charge in [0.2, 0.25) is 0 Å². The second-order valence-electron chi connectivity index (χ2n) is 4.60. The molecular weight excluding hydrogens is 268 g/mol. The number of aromatic carboxylic acids is 1. The van der Waals surface area contributed by atoms with Gasteiger partial charge in [-0.25, -0.2) is 9.78 Å². The molecule has 0 aliphatic carbocycles. The van der Waals surface area contributed by atoms with Crippen LogP contribution in [0, 0.1) is 0 Å². The number of nitrogens with one attached hydrogen (secondary N) is 1. The molecule has 1 aromatic carbocycles. The standard InChI is InChI=1S/C15H14N4O2/c20-15(21)12-9-18-13-4-2-1-3-11(13)14(12)17-6-8-19-7-5-16-10-19/h1-5,7,9-10H,6,8H2,(H,17,18)(H,20,21). The van der Waals surface area contributed by atoms with Crippen molar-refractivity contribution in [3.05, 3.63) is 54.7 Å². The molecule has 0 aliphatic rings. The van der Waals surface area contributed by atoms with E-state index < -0.39 is 5.97 Å². The minimum atomic E-state index is -0.988. The summed E-state index contributed by atoms with van der Waals surface area (Å²) in [5.74, 6) is -0.988. The molecule has 6 heteroatoms. The maximum Gasteiger partial charge on any atom is 0.339 e. The highest BCUT2D eigenvalue weighted by atomic mass is 16.4. The van der Waals surface area contributed by atoms with Gasteiger partial charge in [0.05, 0.1) is 17.5 Å². The van der Waals surface area contributed by atoms with Crippen LogP contribution >= 0.6 is 0 Å². The van der Waals surface area contributed by atoms with Crippen molar-refractivity contribution >= 4 is 22.6 Å². The third-order valence-corrected chi connectivity index (χ3v) is 3.24. The molecule has 0 unspecified atom stereocenters. The Morgan fingerprint density at radius 3 is 2.95 bits per heavy atom. The third kappa shape index (κ3) is 2.69. The van der Waals surface area contributed by atoms with Gasteiger partial charge in [0.25, 0.3) is 0 Å². The number of imidazole rings is 1. The number of aromatic nitrogens is 3. The van der Waals surface area contributed by atoms with Crippen LogP contribution in [-0.4, -0.2) is 32.2 Å². The molecular formula is C15H14N4O2. The third-order valence-electron chi connectivity index (χ3n) is 3.24. The van der Waals surface area contributed by atoms with Gasteiger partial charge in [-0.15, -0.1) is 0 Å². The number of rotatable bonds is 5. The van der Waals surface area contributed by atoms with Crippen LogP contribution < -0.4 is 5.32 Å². The molecule has 2 heterocycles. The first kappa shape index (κ1) is 13.1. The molecule has 3 rings (SSSR count). The zero-order valence-electron chi connectivity index (χ0n) is 11.2. The molecule has 0 aliphatic heterocycles. The molecule has 0 spiro atoms. The van der Waals surface area contributed by atoms with E-state index >= 15 is 0 Å². The number of nitrogens with zero attached hydrogens (tertiary/aromatic N) is 3. The van der Waals surface area contributed by atoms with E-state index in [-0.39, 0.29) is 5.56 Å². The summed E-state index contributed by atoms with van der Waals surface area (Å²) >= 11 is 0. The number of carboxylic acid groups (broad SMARTS) is 1. The Morgan fingerprint density at radius 2 is 2.19 bits per heavy atom. The van der Waals surface area contributed by atoms with E-state index in [1.54, 1.807) is 12.5 Å². The Morgan fingerprint density at radius 1 is 1.33 bits per heavy atom. The number of hydrogen-bond acceptors (Lipinski definition) is 4. The van der Waals surface area contributed by atoms with Crippen LogP contribution in [0.25, 0.3) is 10.9 Å². The summed E-state index contributed by atoms with van der Waals surface area (Å²) in [6.07, 6.45) is 6.70. The number of pyridine rings is 1. The highest BCUT2D eigenvalue weighted by Gasteiger charge is 2.13. The van der Waals surface area contributed by atoms with Crippen LogP contribution in [0.5, 0.6) is 0 Å². The van der Waals surface area contributed by atoms with Crippen LogP contribution in [-0.2, 0) is 6.54 Å². The van der Waals surface area contributed by atoms with E-state index in [2.05, 4.69) is 15.3 Å². The smallest absolute Gasteiger partial charge is 0.339 e. The van der Waals surface area contributed by atoms with Crippen LogP contribution in [0.1, 0.15) is 10.4 Å². The minimum absolute atomic E-state index is 0.180.